The van der Waals surface area contributed by atoms with Crippen molar-refractivity contribution >= 4 is 22.6 Å². The number of aromatic nitrogens is 1. The number of rotatable bonds is 2. The fourth-order valence-corrected chi connectivity index (χ4v) is 1.37. The van der Waals surface area contributed by atoms with E-state index < -0.39 is 6.43 Å². The molecular weight excluding hydrogens is 289 g/mol. The van der Waals surface area contributed by atoms with Gasteiger partial charge in [0.1, 0.15) is 0 Å². The molecule has 0 amide bonds. The van der Waals surface area contributed by atoms with Crippen molar-refractivity contribution in [1.82, 2.24) is 4.98 Å². The van der Waals surface area contributed by atoms with Crippen LogP contribution in [-0.4, -0.2) is 4.98 Å². The summed E-state index contributed by atoms with van der Waals surface area (Å²) in [6, 6.07) is 3.15. The lowest BCUT2D eigenvalue weighted by Gasteiger charge is -2.04. The Bertz CT molecular complexity index is 346. The molecule has 0 aliphatic heterocycles. The van der Waals surface area contributed by atoms with Crippen molar-refractivity contribution < 1.29 is 8.78 Å². The average Bonchev–Trinajstić information content (AvgIpc) is 2.08. The molecule has 0 saturated heterocycles. The molecule has 0 aliphatic rings. The number of pyridine rings is 1. The molecule has 0 radical (unpaired) electrons. The molecular formula is C8H5F2IN2. The molecule has 13 heavy (non-hydrogen) atoms. The standard InChI is InChI=1S/C8H5F2IN2/c9-8(10)6-3-5(11)4-13-7(6)1-2-12/h3-4,8H,1H2. The summed E-state index contributed by atoms with van der Waals surface area (Å²) in [6.45, 7) is 0. The number of halogens is 3. The van der Waals surface area contributed by atoms with Gasteiger partial charge in [0, 0.05) is 15.3 Å². The molecule has 2 nitrogen and oxygen atoms in total. The quantitative estimate of drug-likeness (QED) is 0.786. The van der Waals surface area contributed by atoms with Gasteiger partial charge in [0.05, 0.1) is 18.2 Å². The van der Waals surface area contributed by atoms with Crippen molar-refractivity contribution in [2.45, 2.75) is 12.8 Å². The van der Waals surface area contributed by atoms with Gasteiger partial charge in [-0.2, -0.15) is 5.26 Å². The molecule has 0 saturated carbocycles. The van der Waals surface area contributed by atoms with Gasteiger partial charge in [0.2, 0.25) is 0 Å². The predicted molar refractivity (Wildman–Crippen MR) is 51.2 cm³/mol. The SMILES string of the molecule is N#CCc1ncc(I)cc1C(F)F. The van der Waals surface area contributed by atoms with Gasteiger partial charge in [0.25, 0.3) is 6.43 Å². The minimum absolute atomic E-state index is 0.0728. The summed E-state index contributed by atoms with van der Waals surface area (Å²) in [4.78, 5) is 3.78. The normalized spacial score (nSPS) is 10.1. The third kappa shape index (κ3) is 2.59. The van der Waals surface area contributed by atoms with E-state index in [9.17, 15) is 8.78 Å². The summed E-state index contributed by atoms with van der Waals surface area (Å²) >= 11 is 1.91. The summed E-state index contributed by atoms with van der Waals surface area (Å²) in [6.07, 6.45) is -1.17. The van der Waals surface area contributed by atoms with Gasteiger partial charge in [-0.3, -0.25) is 4.98 Å². The van der Waals surface area contributed by atoms with E-state index in [1.165, 1.54) is 12.3 Å². The molecule has 0 spiro atoms. The first-order chi connectivity index (χ1) is 6.15. The topological polar surface area (TPSA) is 36.7 Å². The van der Waals surface area contributed by atoms with E-state index in [-0.39, 0.29) is 17.7 Å². The smallest absolute Gasteiger partial charge is 0.259 e. The van der Waals surface area contributed by atoms with Crippen LogP contribution in [0.25, 0.3) is 0 Å². The largest absolute Gasteiger partial charge is 0.265 e. The van der Waals surface area contributed by atoms with E-state index in [1.807, 2.05) is 22.6 Å². The second-order valence-corrected chi connectivity index (χ2v) is 3.57. The van der Waals surface area contributed by atoms with Gasteiger partial charge in [-0.05, 0) is 28.7 Å². The summed E-state index contributed by atoms with van der Waals surface area (Å²) in [5.41, 5.74) is 0.0198. The van der Waals surface area contributed by atoms with Gasteiger partial charge in [-0.1, -0.05) is 0 Å². The van der Waals surface area contributed by atoms with Crippen molar-refractivity contribution in [3.05, 3.63) is 27.1 Å². The van der Waals surface area contributed by atoms with E-state index in [1.54, 1.807) is 6.07 Å². The van der Waals surface area contributed by atoms with E-state index in [2.05, 4.69) is 4.98 Å². The summed E-state index contributed by atoms with van der Waals surface area (Å²) < 4.78 is 25.4. The molecule has 0 N–H and O–H groups in total. The van der Waals surface area contributed by atoms with Crippen LogP contribution in [0.1, 0.15) is 17.7 Å². The zero-order valence-electron chi connectivity index (χ0n) is 6.47. The minimum atomic E-state index is -2.56. The van der Waals surface area contributed by atoms with E-state index in [0.29, 0.717) is 3.57 Å². The number of nitrogens with zero attached hydrogens (tertiary/aromatic N) is 2. The Hall–Kier alpha value is -0.770. The number of alkyl halides is 2. The van der Waals surface area contributed by atoms with Gasteiger partial charge in [-0.25, -0.2) is 8.78 Å². The highest BCUT2D eigenvalue weighted by atomic mass is 127. The maximum Gasteiger partial charge on any atom is 0.265 e. The highest BCUT2D eigenvalue weighted by molar-refractivity contribution is 14.1. The Morgan fingerprint density at radius 1 is 1.62 bits per heavy atom. The molecule has 68 valence electrons. The lowest BCUT2D eigenvalue weighted by Crippen LogP contribution is -1.98. The summed E-state index contributed by atoms with van der Waals surface area (Å²) in [5.74, 6) is 0. The van der Waals surface area contributed by atoms with Gasteiger partial charge in [-0.15, -0.1) is 0 Å². The average molecular weight is 294 g/mol. The molecule has 0 atom stereocenters. The molecule has 5 heteroatoms. The molecule has 1 heterocycles. The van der Waals surface area contributed by atoms with Gasteiger partial charge >= 0.3 is 0 Å². The van der Waals surface area contributed by atoms with E-state index >= 15 is 0 Å². The Kier molecular flexibility index (Phi) is 3.54. The van der Waals surface area contributed by atoms with Crippen LogP contribution >= 0.6 is 22.6 Å². The fraction of sp³-hybridized carbons (Fsp3) is 0.250. The maximum absolute atomic E-state index is 12.4. The summed E-state index contributed by atoms with van der Waals surface area (Å²) in [7, 11) is 0. The fourth-order valence-electron chi connectivity index (χ4n) is 0.895. The second kappa shape index (κ2) is 4.46. The van der Waals surface area contributed by atoms with Crippen LogP contribution in [0.15, 0.2) is 12.3 Å². The molecule has 0 bridgehead atoms. The molecule has 0 aromatic carbocycles. The monoisotopic (exact) mass is 294 g/mol. The van der Waals surface area contributed by atoms with Crippen LogP contribution < -0.4 is 0 Å². The first-order valence-corrected chi connectivity index (χ1v) is 4.52. The van der Waals surface area contributed by atoms with E-state index in [4.69, 9.17) is 5.26 Å². The first kappa shape index (κ1) is 10.3. The minimum Gasteiger partial charge on any atom is -0.259 e. The number of hydrogen-bond acceptors (Lipinski definition) is 2. The van der Waals surface area contributed by atoms with Crippen LogP contribution in [0.3, 0.4) is 0 Å². The summed E-state index contributed by atoms with van der Waals surface area (Å²) in [5, 5.41) is 8.36. The van der Waals surface area contributed by atoms with Crippen molar-refractivity contribution in [2.24, 2.45) is 0 Å². The highest BCUT2D eigenvalue weighted by Crippen LogP contribution is 2.23. The maximum atomic E-state index is 12.4. The van der Waals surface area contributed by atoms with Crippen molar-refractivity contribution in [3.63, 3.8) is 0 Å². The van der Waals surface area contributed by atoms with Crippen LogP contribution in [0, 0.1) is 14.9 Å². The third-order valence-corrected chi connectivity index (χ3v) is 2.04. The first-order valence-electron chi connectivity index (χ1n) is 3.44. The molecule has 1 rings (SSSR count). The predicted octanol–water partition coefficient (Wildman–Crippen LogP) is 2.69. The molecule has 1 aromatic heterocycles. The Balaban J connectivity index is 3.12. The molecule has 1 aromatic rings. The van der Waals surface area contributed by atoms with Gasteiger partial charge in [0.15, 0.2) is 0 Å². The number of nitriles is 1. The lowest BCUT2D eigenvalue weighted by molar-refractivity contribution is 0.150. The lowest BCUT2D eigenvalue weighted by atomic mass is 10.1. The van der Waals surface area contributed by atoms with Crippen LogP contribution in [0.4, 0.5) is 8.78 Å². The Morgan fingerprint density at radius 2 is 2.31 bits per heavy atom. The molecule has 0 aliphatic carbocycles. The molecule has 0 unspecified atom stereocenters. The number of hydrogen-bond donors (Lipinski definition) is 0. The zero-order valence-corrected chi connectivity index (χ0v) is 8.62. The van der Waals surface area contributed by atoms with Crippen LogP contribution in [-0.2, 0) is 6.42 Å². The van der Waals surface area contributed by atoms with Gasteiger partial charge < -0.3 is 0 Å². The second-order valence-electron chi connectivity index (χ2n) is 2.33. The van der Waals surface area contributed by atoms with Crippen LogP contribution in [0.2, 0.25) is 0 Å². The van der Waals surface area contributed by atoms with Crippen molar-refractivity contribution in [2.75, 3.05) is 0 Å². The Labute approximate surface area is 87.7 Å². The highest BCUT2D eigenvalue weighted by Gasteiger charge is 2.13. The van der Waals surface area contributed by atoms with Crippen molar-refractivity contribution in [3.8, 4) is 6.07 Å². The van der Waals surface area contributed by atoms with Crippen LogP contribution in [0.5, 0.6) is 0 Å². The zero-order chi connectivity index (χ0) is 9.84. The van der Waals surface area contributed by atoms with E-state index in [0.717, 1.165) is 0 Å². The third-order valence-electron chi connectivity index (χ3n) is 1.45. The van der Waals surface area contributed by atoms with Crippen molar-refractivity contribution in [1.29, 1.82) is 5.26 Å². The molecule has 0 fully saturated rings. The Morgan fingerprint density at radius 3 is 2.85 bits per heavy atom.